The molecule has 0 radical (unpaired) electrons. The van der Waals surface area contributed by atoms with Crippen LogP contribution < -0.4 is 10.7 Å². The lowest BCUT2D eigenvalue weighted by Crippen LogP contribution is -2.32. The Morgan fingerprint density at radius 2 is 2.12 bits per heavy atom. The van der Waals surface area contributed by atoms with Crippen molar-refractivity contribution >= 4 is 34.9 Å². The van der Waals surface area contributed by atoms with Crippen LogP contribution in [0.15, 0.2) is 59.1 Å². The molecule has 0 saturated carbocycles. The number of unbranched alkanes of at least 4 members (excludes halogenated alkanes) is 1. The van der Waals surface area contributed by atoms with Crippen LogP contribution in [0.5, 0.6) is 0 Å². The van der Waals surface area contributed by atoms with Crippen molar-refractivity contribution in [2.24, 2.45) is 5.10 Å². The number of hydrazone groups is 1. The summed E-state index contributed by atoms with van der Waals surface area (Å²) in [6.07, 6.45) is 5.94. The zero-order chi connectivity index (χ0) is 18.2. The van der Waals surface area contributed by atoms with Crippen molar-refractivity contribution in [3.05, 3.63) is 59.6 Å². The minimum atomic E-state index is 0.530. The normalized spacial score (nSPS) is 11.0. The van der Waals surface area contributed by atoms with Gasteiger partial charge in [0.05, 0.1) is 16.8 Å². The summed E-state index contributed by atoms with van der Waals surface area (Å²) in [5.74, 6) is 0. The van der Waals surface area contributed by atoms with Gasteiger partial charge in [-0.25, -0.2) is 4.68 Å². The van der Waals surface area contributed by atoms with E-state index in [9.17, 15) is 0 Å². The minimum Gasteiger partial charge on any atom is -0.361 e. The van der Waals surface area contributed by atoms with Crippen LogP contribution in [0.1, 0.15) is 25.3 Å². The van der Waals surface area contributed by atoms with Crippen molar-refractivity contribution in [2.75, 3.05) is 6.54 Å². The second kappa shape index (κ2) is 9.26. The van der Waals surface area contributed by atoms with Gasteiger partial charge in [0.1, 0.15) is 5.69 Å². The lowest BCUT2D eigenvalue weighted by molar-refractivity contribution is 0.745. The van der Waals surface area contributed by atoms with Gasteiger partial charge in [0, 0.05) is 18.3 Å². The second-order valence-corrected chi connectivity index (χ2v) is 7.03. The molecule has 0 aliphatic carbocycles. The molecule has 2 aromatic heterocycles. The Balaban J connectivity index is 1.78. The fourth-order valence-corrected chi connectivity index (χ4v) is 3.26. The third kappa shape index (κ3) is 4.77. The fourth-order valence-electron chi connectivity index (χ4n) is 2.38. The highest BCUT2D eigenvalue weighted by Crippen LogP contribution is 2.26. The van der Waals surface area contributed by atoms with E-state index in [2.05, 4.69) is 28.8 Å². The van der Waals surface area contributed by atoms with Gasteiger partial charge in [0.2, 0.25) is 0 Å². The molecule has 0 spiro atoms. The van der Waals surface area contributed by atoms with E-state index in [1.807, 2.05) is 52.7 Å². The summed E-state index contributed by atoms with van der Waals surface area (Å²) in [6.45, 7) is 3.00. The highest BCUT2D eigenvalue weighted by atomic mass is 32.1. The zero-order valence-corrected chi connectivity index (χ0v) is 16.2. The number of nitrogens with one attached hydrogen (secondary N) is 2. The number of thiophene rings is 1. The molecule has 0 aliphatic rings. The van der Waals surface area contributed by atoms with E-state index < -0.39 is 0 Å². The first-order chi connectivity index (χ1) is 12.8. The van der Waals surface area contributed by atoms with E-state index in [-0.39, 0.29) is 0 Å². The largest absolute Gasteiger partial charge is 0.361 e. The summed E-state index contributed by atoms with van der Waals surface area (Å²) in [5, 5.41) is 14.7. The SMILES string of the molecule is CCCCNC(=S)NN=Cc1cn(-c2ccccc2)nc1-c1cccs1. The third-order valence-electron chi connectivity index (χ3n) is 3.70. The number of para-hydroxylation sites is 1. The Kier molecular flexibility index (Phi) is 6.51. The molecule has 1 aromatic carbocycles. The molecule has 5 nitrogen and oxygen atoms in total. The molecule has 0 saturated heterocycles. The van der Waals surface area contributed by atoms with E-state index >= 15 is 0 Å². The van der Waals surface area contributed by atoms with E-state index in [4.69, 9.17) is 17.3 Å². The van der Waals surface area contributed by atoms with Crippen LogP contribution in [0.2, 0.25) is 0 Å². The lowest BCUT2D eigenvalue weighted by Gasteiger charge is -2.05. The van der Waals surface area contributed by atoms with Crippen molar-refractivity contribution < 1.29 is 0 Å². The molecule has 2 heterocycles. The molecular weight excluding hydrogens is 362 g/mol. The summed E-state index contributed by atoms with van der Waals surface area (Å²) in [4.78, 5) is 1.10. The summed E-state index contributed by atoms with van der Waals surface area (Å²) in [5.41, 5.74) is 5.71. The predicted molar refractivity (Wildman–Crippen MR) is 113 cm³/mol. The zero-order valence-electron chi connectivity index (χ0n) is 14.6. The maximum absolute atomic E-state index is 5.22. The smallest absolute Gasteiger partial charge is 0.186 e. The Labute approximate surface area is 162 Å². The number of aromatic nitrogens is 2. The highest BCUT2D eigenvalue weighted by molar-refractivity contribution is 7.80. The molecule has 0 atom stereocenters. The first-order valence-electron chi connectivity index (χ1n) is 8.54. The molecule has 2 N–H and O–H groups in total. The van der Waals surface area contributed by atoms with Gasteiger partial charge in [-0.3, -0.25) is 5.43 Å². The van der Waals surface area contributed by atoms with Gasteiger partial charge < -0.3 is 5.32 Å². The molecule has 3 aromatic rings. The monoisotopic (exact) mass is 383 g/mol. The number of hydrogen-bond acceptors (Lipinski definition) is 4. The van der Waals surface area contributed by atoms with Crippen LogP contribution in [-0.4, -0.2) is 27.7 Å². The Morgan fingerprint density at radius 3 is 2.85 bits per heavy atom. The molecule has 7 heteroatoms. The number of thiocarbonyl (C=S) groups is 1. The number of hydrogen-bond donors (Lipinski definition) is 2. The predicted octanol–water partition coefficient (Wildman–Crippen LogP) is 4.20. The van der Waals surface area contributed by atoms with Crippen LogP contribution in [0.25, 0.3) is 16.3 Å². The molecule has 3 rings (SSSR count). The highest BCUT2D eigenvalue weighted by Gasteiger charge is 2.11. The molecule has 0 amide bonds. The van der Waals surface area contributed by atoms with E-state index in [1.165, 1.54) is 0 Å². The summed E-state index contributed by atoms with van der Waals surface area (Å²) in [7, 11) is 0. The van der Waals surface area contributed by atoms with Crippen molar-refractivity contribution in [3.63, 3.8) is 0 Å². The van der Waals surface area contributed by atoms with Gasteiger partial charge in [0.25, 0.3) is 0 Å². The van der Waals surface area contributed by atoms with Crippen LogP contribution in [0.4, 0.5) is 0 Å². The standard InChI is InChI=1S/C19H21N5S2/c1-2-3-11-20-19(25)22-21-13-15-14-24(16-8-5-4-6-9-16)23-18(15)17-10-7-12-26-17/h4-10,12-14H,2-3,11H2,1H3,(H2,20,22,25). The Hall–Kier alpha value is -2.51. The number of rotatable bonds is 7. The minimum absolute atomic E-state index is 0.530. The van der Waals surface area contributed by atoms with Gasteiger partial charge in [-0.15, -0.1) is 11.3 Å². The number of nitrogens with zero attached hydrogens (tertiary/aromatic N) is 3. The van der Waals surface area contributed by atoms with Crippen LogP contribution in [0.3, 0.4) is 0 Å². The first-order valence-corrected chi connectivity index (χ1v) is 9.82. The van der Waals surface area contributed by atoms with Gasteiger partial charge in [0.15, 0.2) is 5.11 Å². The van der Waals surface area contributed by atoms with Crippen molar-refractivity contribution in [1.82, 2.24) is 20.5 Å². The number of benzene rings is 1. The van der Waals surface area contributed by atoms with Crippen LogP contribution in [0, 0.1) is 0 Å². The van der Waals surface area contributed by atoms with E-state index in [0.29, 0.717) is 5.11 Å². The quantitative estimate of drug-likeness (QED) is 0.278. The third-order valence-corrected chi connectivity index (χ3v) is 4.82. The summed E-state index contributed by atoms with van der Waals surface area (Å²) in [6, 6.07) is 14.1. The average Bonchev–Trinajstić information content (AvgIpc) is 3.32. The van der Waals surface area contributed by atoms with Crippen LogP contribution >= 0.6 is 23.6 Å². The lowest BCUT2D eigenvalue weighted by atomic mass is 10.2. The van der Waals surface area contributed by atoms with Crippen molar-refractivity contribution in [2.45, 2.75) is 19.8 Å². The molecule has 0 bridgehead atoms. The molecule has 0 fully saturated rings. The molecule has 0 aliphatic heterocycles. The molecule has 134 valence electrons. The van der Waals surface area contributed by atoms with Gasteiger partial charge in [-0.2, -0.15) is 10.2 Å². The topological polar surface area (TPSA) is 54.2 Å². The Bertz CT molecular complexity index is 853. The summed E-state index contributed by atoms with van der Waals surface area (Å²) < 4.78 is 1.87. The average molecular weight is 384 g/mol. The van der Waals surface area contributed by atoms with Gasteiger partial charge in [-0.05, 0) is 42.2 Å². The maximum atomic E-state index is 5.22. The van der Waals surface area contributed by atoms with Gasteiger partial charge >= 0.3 is 0 Å². The van der Waals surface area contributed by atoms with E-state index in [0.717, 1.165) is 41.2 Å². The first kappa shape index (κ1) is 18.3. The second-order valence-electron chi connectivity index (χ2n) is 5.67. The van der Waals surface area contributed by atoms with Crippen molar-refractivity contribution in [3.8, 4) is 16.3 Å². The summed E-state index contributed by atoms with van der Waals surface area (Å²) >= 11 is 6.88. The Morgan fingerprint density at radius 1 is 1.27 bits per heavy atom. The molecular formula is C19H21N5S2. The molecule has 0 unspecified atom stereocenters. The van der Waals surface area contributed by atoms with Crippen LogP contribution in [-0.2, 0) is 0 Å². The fraction of sp³-hybridized carbons (Fsp3) is 0.211. The van der Waals surface area contributed by atoms with Gasteiger partial charge in [-0.1, -0.05) is 37.6 Å². The molecule has 26 heavy (non-hydrogen) atoms. The van der Waals surface area contributed by atoms with Crippen molar-refractivity contribution in [1.29, 1.82) is 0 Å². The maximum Gasteiger partial charge on any atom is 0.186 e. The van der Waals surface area contributed by atoms with E-state index in [1.54, 1.807) is 17.6 Å².